The van der Waals surface area contributed by atoms with E-state index in [1.54, 1.807) is 6.92 Å². The van der Waals surface area contributed by atoms with Gasteiger partial charge in [0.2, 0.25) is 0 Å². The molecule has 1 saturated heterocycles. The van der Waals surface area contributed by atoms with Crippen LogP contribution in [0, 0.1) is 0 Å². The van der Waals surface area contributed by atoms with Crippen molar-refractivity contribution in [2.24, 2.45) is 5.73 Å². The van der Waals surface area contributed by atoms with Gasteiger partial charge < -0.3 is 29.4 Å². The normalized spacial score (nSPS) is 24.5. The predicted octanol–water partition coefficient (Wildman–Crippen LogP) is 4.49. The smallest absolute Gasteiger partial charge is 0.362 e. The number of nitrogens with two attached hydrogens (primary N) is 1. The third-order valence-electron chi connectivity index (χ3n) is 5.89. The summed E-state index contributed by atoms with van der Waals surface area (Å²) in [6.07, 6.45) is -6.13. The van der Waals surface area contributed by atoms with Crippen molar-refractivity contribution < 1.29 is 36.9 Å². The van der Waals surface area contributed by atoms with E-state index in [1.165, 1.54) is 13.2 Å². The summed E-state index contributed by atoms with van der Waals surface area (Å²) in [6, 6.07) is 9.51. The van der Waals surface area contributed by atoms with Crippen molar-refractivity contribution in [2.75, 3.05) is 27.1 Å². The fourth-order valence-corrected chi connectivity index (χ4v) is 4.27. The number of halogens is 4. The maximum atomic E-state index is 14.0. The highest BCUT2D eigenvalue weighted by Gasteiger charge is 2.41. The number of rotatable bonds is 7. The molecule has 0 amide bonds. The molecule has 1 fully saturated rings. The average molecular weight is 584 g/mol. The zero-order valence-corrected chi connectivity index (χ0v) is 22.5. The molecular weight excluding hydrogens is 555 g/mol. The predicted molar refractivity (Wildman–Crippen MR) is 138 cm³/mol. The molecule has 1 aliphatic heterocycles. The van der Waals surface area contributed by atoms with E-state index in [1.807, 2.05) is 30.3 Å². The summed E-state index contributed by atoms with van der Waals surface area (Å²) in [5.41, 5.74) is 5.64. The summed E-state index contributed by atoms with van der Waals surface area (Å²) in [5, 5.41) is 4.18. The molecule has 14 heteroatoms. The van der Waals surface area contributed by atoms with Crippen molar-refractivity contribution in [3.8, 4) is 5.69 Å². The molecule has 3 heterocycles. The van der Waals surface area contributed by atoms with E-state index in [-0.39, 0.29) is 36.7 Å². The number of aromatic nitrogens is 4. The molecule has 0 aliphatic carbocycles. The van der Waals surface area contributed by atoms with E-state index in [0.717, 1.165) is 22.5 Å². The first-order valence-electron chi connectivity index (χ1n) is 12.2. The number of alkyl halides is 3. The Morgan fingerprint density at radius 2 is 1.95 bits per heavy atom. The highest BCUT2D eigenvalue weighted by atomic mass is 35.5. The van der Waals surface area contributed by atoms with Gasteiger partial charge in [-0.3, -0.25) is 0 Å². The van der Waals surface area contributed by atoms with E-state index in [9.17, 15) is 13.2 Å². The zero-order valence-electron chi connectivity index (χ0n) is 21.8. The SMILES string of the molecule is C=Cc1nc(C2OC(C)COC(c3ccccc3)OC[C@@H](N)C2OCOC)n(-c2cc(Cl)cnc2C(F)(F)F)n1. The first-order valence-corrected chi connectivity index (χ1v) is 12.6. The number of hydrogen-bond acceptors (Lipinski definition) is 9. The van der Waals surface area contributed by atoms with Gasteiger partial charge in [-0.05, 0) is 19.1 Å². The lowest BCUT2D eigenvalue weighted by Crippen LogP contribution is -2.48. The quantitative estimate of drug-likeness (QED) is 0.402. The zero-order chi connectivity index (χ0) is 28.9. The van der Waals surface area contributed by atoms with Crippen LogP contribution in [0.15, 0.2) is 49.2 Å². The van der Waals surface area contributed by atoms with E-state index in [4.69, 9.17) is 41.0 Å². The molecule has 216 valence electrons. The Hall–Kier alpha value is -2.91. The van der Waals surface area contributed by atoms with Gasteiger partial charge in [0.1, 0.15) is 19.0 Å². The van der Waals surface area contributed by atoms with Crippen LogP contribution in [0.5, 0.6) is 0 Å². The molecular formula is C26H29ClF3N5O5. The molecule has 0 bridgehead atoms. The number of nitrogens with zero attached hydrogens (tertiary/aromatic N) is 4. The summed E-state index contributed by atoms with van der Waals surface area (Å²) in [7, 11) is 1.42. The molecule has 40 heavy (non-hydrogen) atoms. The van der Waals surface area contributed by atoms with Crippen LogP contribution in [0.1, 0.15) is 42.2 Å². The summed E-state index contributed by atoms with van der Waals surface area (Å²) in [6.45, 7) is 5.19. The van der Waals surface area contributed by atoms with Crippen molar-refractivity contribution in [2.45, 2.75) is 43.7 Å². The third-order valence-corrected chi connectivity index (χ3v) is 6.09. The van der Waals surface area contributed by atoms with Gasteiger partial charge in [-0.25, -0.2) is 14.6 Å². The standard InChI is InChI=1S/C26H29ClF3N5O5/c1-4-20-33-24(35(34-20)19-10-17(27)11-32-23(19)26(28,29)30)22-21(39-14-36-3)18(31)13-38-25(37-12-15(2)40-22)16-8-6-5-7-9-16/h4-11,15,18,21-22,25H,1,12-14,31H2,2-3H3/t15?,18-,21?,22?,25?/m1/s1. The Kier molecular flexibility index (Phi) is 9.90. The maximum Gasteiger partial charge on any atom is 0.435 e. The van der Waals surface area contributed by atoms with Crippen molar-refractivity contribution in [3.63, 3.8) is 0 Å². The number of pyridine rings is 1. The van der Waals surface area contributed by atoms with Crippen LogP contribution in [0.2, 0.25) is 5.02 Å². The Morgan fingerprint density at radius 3 is 2.62 bits per heavy atom. The first-order chi connectivity index (χ1) is 19.1. The number of hydrogen-bond donors (Lipinski definition) is 1. The van der Waals surface area contributed by atoms with E-state index in [0.29, 0.717) is 0 Å². The van der Waals surface area contributed by atoms with Crippen molar-refractivity contribution in [3.05, 3.63) is 77.1 Å². The van der Waals surface area contributed by atoms with Crippen LogP contribution >= 0.6 is 11.6 Å². The van der Waals surface area contributed by atoms with Gasteiger partial charge in [0, 0.05) is 18.9 Å². The Morgan fingerprint density at radius 1 is 1.23 bits per heavy atom. The monoisotopic (exact) mass is 583 g/mol. The minimum absolute atomic E-state index is 0.0344. The molecule has 2 aromatic heterocycles. The van der Waals surface area contributed by atoms with Crippen molar-refractivity contribution in [1.82, 2.24) is 19.7 Å². The minimum Gasteiger partial charge on any atom is -0.362 e. The first kappa shape index (κ1) is 30.1. The van der Waals surface area contributed by atoms with Gasteiger partial charge in [-0.1, -0.05) is 48.5 Å². The molecule has 1 aliphatic rings. The molecule has 10 nitrogen and oxygen atoms in total. The van der Waals surface area contributed by atoms with Crippen LogP contribution in [0.3, 0.4) is 0 Å². The second-order valence-corrected chi connectivity index (χ2v) is 9.38. The van der Waals surface area contributed by atoms with Crippen LogP contribution in [0.25, 0.3) is 11.8 Å². The third kappa shape index (κ3) is 7.04. The van der Waals surface area contributed by atoms with Crippen LogP contribution in [-0.4, -0.2) is 65.1 Å². The van der Waals surface area contributed by atoms with E-state index in [2.05, 4.69) is 21.6 Å². The maximum absolute atomic E-state index is 14.0. The molecule has 3 aromatic rings. The lowest BCUT2D eigenvalue weighted by molar-refractivity contribution is -0.216. The Labute approximate surface area is 233 Å². The average Bonchev–Trinajstić information content (AvgIpc) is 3.36. The minimum atomic E-state index is -4.82. The topological polar surface area (TPSA) is 116 Å². The molecule has 2 N–H and O–H groups in total. The largest absolute Gasteiger partial charge is 0.435 e. The van der Waals surface area contributed by atoms with Crippen LogP contribution in [-0.2, 0) is 29.9 Å². The number of ether oxygens (including phenoxy) is 5. The summed E-state index contributed by atoms with van der Waals surface area (Å²) < 4.78 is 72.3. The van der Waals surface area contributed by atoms with Gasteiger partial charge in [-0.2, -0.15) is 13.2 Å². The van der Waals surface area contributed by atoms with Crippen LogP contribution in [0.4, 0.5) is 13.2 Å². The van der Waals surface area contributed by atoms with Gasteiger partial charge in [0.15, 0.2) is 23.6 Å². The Bertz CT molecular complexity index is 1280. The molecule has 1 aromatic carbocycles. The summed E-state index contributed by atoms with van der Waals surface area (Å²) in [4.78, 5) is 7.93. The highest BCUT2D eigenvalue weighted by Crippen LogP contribution is 2.36. The van der Waals surface area contributed by atoms with E-state index >= 15 is 0 Å². The highest BCUT2D eigenvalue weighted by molar-refractivity contribution is 6.30. The van der Waals surface area contributed by atoms with E-state index < -0.39 is 48.2 Å². The second-order valence-electron chi connectivity index (χ2n) is 8.94. The van der Waals surface area contributed by atoms with Gasteiger partial charge in [0.05, 0.1) is 36.1 Å². The number of benzene rings is 1. The van der Waals surface area contributed by atoms with Gasteiger partial charge in [0.25, 0.3) is 0 Å². The fourth-order valence-electron chi connectivity index (χ4n) is 4.12. The summed E-state index contributed by atoms with van der Waals surface area (Å²) in [5.74, 6) is -0.0137. The van der Waals surface area contributed by atoms with Gasteiger partial charge >= 0.3 is 6.18 Å². The lowest BCUT2D eigenvalue weighted by Gasteiger charge is -2.35. The molecule has 0 saturated carbocycles. The molecule has 0 spiro atoms. The van der Waals surface area contributed by atoms with Crippen molar-refractivity contribution in [1.29, 1.82) is 0 Å². The second kappa shape index (κ2) is 13.2. The fraction of sp³-hybridized carbons (Fsp3) is 0.423. The molecule has 4 rings (SSSR count). The molecule has 4 unspecified atom stereocenters. The lowest BCUT2D eigenvalue weighted by atomic mass is 10.0. The number of methoxy groups -OCH3 is 1. The van der Waals surface area contributed by atoms with Crippen LogP contribution < -0.4 is 5.73 Å². The summed E-state index contributed by atoms with van der Waals surface area (Å²) >= 11 is 6.05. The molecule has 5 atom stereocenters. The van der Waals surface area contributed by atoms with Crippen molar-refractivity contribution >= 4 is 17.7 Å². The Balaban J connectivity index is 1.79. The molecule has 0 radical (unpaired) electrons. The van der Waals surface area contributed by atoms with Gasteiger partial charge in [-0.15, -0.1) is 5.10 Å².